The predicted molar refractivity (Wildman–Crippen MR) is 59.3 cm³/mol. The SMILES string of the molecule is CCOC(=O)N1CCC(CS(N)(=O)=O)CC1. The standard InChI is InChI=1S/C9H18N2O4S/c1-2-15-9(12)11-5-3-8(4-6-11)7-16(10,13)14/h8H,2-7H2,1H3,(H2,10,13,14). The van der Waals surface area contributed by atoms with Crippen LogP contribution in [0.5, 0.6) is 0 Å². The summed E-state index contributed by atoms with van der Waals surface area (Å²) in [6.07, 6.45) is 1.00. The molecule has 16 heavy (non-hydrogen) atoms. The molecule has 0 aromatic carbocycles. The molecule has 0 aromatic rings. The van der Waals surface area contributed by atoms with Gasteiger partial charge in [-0.25, -0.2) is 18.4 Å². The van der Waals surface area contributed by atoms with Crippen molar-refractivity contribution >= 4 is 16.1 Å². The zero-order chi connectivity index (χ0) is 12.2. The van der Waals surface area contributed by atoms with Crippen LogP contribution in [0.1, 0.15) is 19.8 Å². The molecule has 0 radical (unpaired) electrons. The third-order valence-corrected chi connectivity index (χ3v) is 3.54. The molecule has 0 saturated carbocycles. The molecule has 0 unspecified atom stereocenters. The molecule has 1 saturated heterocycles. The summed E-state index contributed by atoms with van der Waals surface area (Å²) in [5.74, 6) is 0.0598. The van der Waals surface area contributed by atoms with E-state index in [1.54, 1.807) is 11.8 Å². The maximum absolute atomic E-state index is 11.4. The molecule has 7 heteroatoms. The van der Waals surface area contributed by atoms with Crippen LogP contribution in [-0.2, 0) is 14.8 Å². The minimum absolute atomic E-state index is 0.00364. The van der Waals surface area contributed by atoms with E-state index in [0.717, 1.165) is 0 Å². The fraction of sp³-hybridized carbons (Fsp3) is 0.889. The largest absolute Gasteiger partial charge is 0.450 e. The Hall–Kier alpha value is -0.820. The van der Waals surface area contributed by atoms with Gasteiger partial charge in [0, 0.05) is 13.1 Å². The van der Waals surface area contributed by atoms with E-state index in [-0.39, 0.29) is 17.8 Å². The number of sulfonamides is 1. The second kappa shape index (κ2) is 5.49. The Balaban J connectivity index is 2.37. The Bertz CT molecular complexity index is 333. The Kier molecular flexibility index (Phi) is 4.55. The smallest absolute Gasteiger partial charge is 0.409 e. The number of nitrogens with two attached hydrogens (primary N) is 1. The molecule has 0 aliphatic carbocycles. The lowest BCUT2D eigenvalue weighted by Crippen LogP contribution is -2.40. The van der Waals surface area contributed by atoms with E-state index < -0.39 is 10.0 Å². The Morgan fingerprint density at radius 3 is 2.44 bits per heavy atom. The summed E-state index contributed by atoms with van der Waals surface area (Å²) >= 11 is 0. The summed E-state index contributed by atoms with van der Waals surface area (Å²) < 4.78 is 26.6. The molecule has 1 aliphatic heterocycles. The van der Waals surface area contributed by atoms with Crippen molar-refractivity contribution < 1.29 is 17.9 Å². The lowest BCUT2D eigenvalue weighted by atomic mass is 9.99. The molecule has 1 fully saturated rings. The summed E-state index contributed by atoms with van der Waals surface area (Å²) in [5.41, 5.74) is 0. The molecule has 0 atom stereocenters. The van der Waals surface area contributed by atoms with Gasteiger partial charge in [-0.05, 0) is 25.7 Å². The van der Waals surface area contributed by atoms with Crippen LogP contribution < -0.4 is 5.14 Å². The van der Waals surface area contributed by atoms with Gasteiger partial charge in [0.25, 0.3) is 0 Å². The topological polar surface area (TPSA) is 89.7 Å². The van der Waals surface area contributed by atoms with Gasteiger partial charge < -0.3 is 9.64 Å². The van der Waals surface area contributed by atoms with Crippen LogP contribution >= 0.6 is 0 Å². The van der Waals surface area contributed by atoms with Crippen LogP contribution in [0.2, 0.25) is 0 Å². The number of piperidine rings is 1. The van der Waals surface area contributed by atoms with Crippen LogP contribution in [0, 0.1) is 5.92 Å². The van der Waals surface area contributed by atoms with E-state index in [4.69, 9.17) is 9.88 Å². The van der Waals surface area contributed by atoms with E-state index in [9.17, 15) is 13.2 Å². The van der Waals surface area contributed by atoms with Crippen LogP contribution in [0.15, 0.2) is 0 Å². The van der Waals surface area contributed by atoms with Gasteiger partial charge >= 0.3 is 6.09 Å². The lowest BCUT2D eigenvalue weighted by molar-refractivity contribution is 0.0936. The number of nitrogens with zero attached hydrogens (tertiary/aromatic N) is 1. The fourth-order valence-corrected chi connectivity index (χ4v) is 2.82. The van der Waals surface area contributed by atoms with E-state index in [1.165, 1.54) is 0 Å². The zero-order valence-electron chi connectivity index (χ0n) is 9.39. The van der Waals surface area contributed by atoms with Crippen molar-refractivity contribution in [1.29, 1.82) is 0 Å². The highest BCUT2D eigenvalue weighted by Crippen LogP contribution is 2.18. The van der Waals surface area contributed by atoms with Crippen molar-refractivity contribution in [3.05, 3.63) is 0 Å². The molecule has 2 N–H and O–H groups in total. The molecule has 1 amide bonds. The second-order valence-electron chi connectivity index (χ2n) is 3.96. The molecule has 0 bridgehead atoms. The number of ether oxygens (including phenoxy) is 1. The maximum atomic E-state index is 11.4. The maximum Gasteiger partial charge on any atom is 0.409 e. The fourth-order valence-electron chi connectivity index (χ4n) is 1.83. The number of rotatable bonds is 3. The average Bonchev–Trinajstić information content (AvgIpc) is 2.16. The summed E-state index contributed by atoms with van der Waals surface area (Å²) in [6.45, 7) is 3.19. The first-order valence-electron chi connectivity index (χ1n) is 5.34. The number of carbonyl (C=O) groups excluding carboxylic acids is 1. The van der Waals surface area contributed by atoms with Crippen molar-refractivity contribution in [2.75, 3.05) is 25.4 Å². The summed E-state index contributed by atoms with van der Waals surface area (Å²) in [4.78, 5) is 13.0. The zero-order valence-corrected chi connectivity index (χ0v) is 10.2. The van der Waals surface area contributed by atoms with Gasteiger partial charge in [-0.15, -0.1) is 0 Å². The van der Waals surface area contributed by atoms with Crippen LogP contribution in [0.3, 0.4) is 0 Å². The first kappa shape index (κ1) is 13.2. The van der Waals surface area contributed by atoms with E-state index in [2.05, 4.69) is 0 Å². The van der Waals surface area contributed by atoms with Gasteiger partial charge in [-0.3, -0.25) is 0 Å². The third kappa shape index (κ3) is 4.36. The summed E-state index contributed by atoms with van der Waals surface area (Å²) in [5, 5.41) is 4.98. The number of amides is 1. The minimum Gasteiger partial charge on any atom is -0.450 e. The van der Waals surface area contributed by atoms with Gasteiger partial charge in [0.05, 0.1) is 12.4 Å². The number of likely N-dealkylation sites (tertiary alicyclic amines) is 1. The summed E-state index contributed by atoms with van der Waals surface area (Å²) in [7, 11) is -3.41. The monoisotopic (exact) mass is 250 g/mol. The quantitative estimate of drug-likeness (QED) is 0.771. The predicted octanol–water partition coefficient (Wildman–Crippen LogP) is 0.143. The van der Waals surface area contributed by atoms with E-state index >= 15 is 0 Å². The van der Waals surface area contributed by atoms with Crippen molar-refractivity contribution in [2.24, 2.45) is 11.1 Å². The number of hydrogen-bond donors (Lipinski definition) is 1. The normalized spacial score (nSPS) is 18.5. The average molecular weight is 250 g/mol. The van der Waals surface area contributed by atoms with Crippen LogP contribution in [0.25, 0.3) is 0 Å². The number of primary sulfonamides is 1. The lowest BCUT2D eigenvalue weighted by Gasteiger charge is -2.30. The van der Waals surface area contributed by atoms with Gasteiger partial charge in [-0.2, -0.15) is 0 Å². The van der Waals surface area contributed by atoms with Crippen LogP contribution in [0.4, 0.5) is 4.79 Å². The molecular weight excluding hydrogens is 232 g/mol. The highest BCUT2D eigenvalue weighted by molar-refractivity contribution is 7.89. The van der Waals surface area contributed by atoms with Gasteiger partial charge in [0.1, 0.15) is 0 Å². The third-order valence-electron chi connectivity index (χ3n) is 2.61. The Morgan fingerprint density at radius 2 is 2.00 bits per heavy atom. The van der Waals surface area contributed by atoms with Crippen molar-refractivity contribution in [2.45, 2.75) is 19.8 Å². The van der Waals surface area contributed by atoms with Crippen molar-refractivity contribution in [1.82, 2.24) is 4.90 Å². The summed E-state index contributed by atoms with van der Waals surface area (Å²) in [6, 6.07) is 0. The number of hydrogen-bond acceptors (Lipinski definition) is 4. The first-order valence-corrected chi connectivity index (χ1v) is 7.06. The molecule has 1 aliphatic rings. The molecule has 0 aromatic heterocycles. The van der Waals surface area contributed by atoms with E-state index in [0.29, 0.717) is 32.5 Å². The van der Waals surface area contributed by atoms with Gasteiger partial charge in [0.2, 0.25) is 10.0 Å². The highest BCUT2D eigenvalue weighted by Gasteiger charge is 2.25. The van der Waals surface area contributed by atoms with Gasteiger partial charge in [-0.1, -0.05) is 0 Å². The van der Waals surface area contributed by atoms with Crippen molar-refractivity contribution in [3.63, 3.8) is 0 Å². The first-order chi connectivity index (χ1) is 7.42. The molecule has 1 rings (SSSR count). The molecule has 1 heterocycles. The molecule has 94 valence electrons. The minimum atomic E-state index is -3.41. The molecular formula is C9H18N2O4S. The highest BCUT2D eigenvalue weighted by atomic mass is 32.2. The molecule has 0 spiro atoms. The van der Waals surface area contributed by atoms with Crippen LogP contribution in [-0.4, -0.2) is 44.9 Å². The Labute approximate surface area is 95.8 Å². The molecule has 6 nitrogen and oxygen atoms in total. The van der Waals surface area contributed by atoms with Gasteiger partial charge in [0.15, 0.2) is 0 Å². The second-order valence-corrected chi connectivity index (χ2v) is 5.62. The van der Waals surface area contributed by atoms with E-state index in [1.807, 2.05) is 0 Å². The number of carbonyl (C=O) groups is 1. The van der Waals surface area contributed by atoms with Crippen molar-refractivity contribution in [3.8, 4) is 0 Å². The Morgan fingerprint density at radius 1 is 1.44 bits per heavy atom.